The summed E-state index contributed by atoms with van der Waals surface area (Å²) in [5.41, 5.74) is 1.68. The number of halogens is 1. The Balaban J connectivity index is 1.43. The van der Waals surface area contributed by atoms with Crippen molar-refractivity contribution in [3.05, 3.63) is 83.4 Å². The van der Waals surface area contributed by atoms with E-state index in [1.807, 2.05) is 35.2 Å². The van der Waals surface area contributed by atoms with E-state index >= 15 is 0 Å². The van der Waals surface area contributed by atoms with E-state index in [9.17, 15) is 17.6 Å². The Morgan fingerprint density at radius 2 is 1.84 bits per heavy atom. The molecule has 0 bridgehead atoms. The van der Waals surface area contributed by atoms with Gasteiger partial charge >= 0.3 is 0 Å². The molecule has 0 spiro atoms. The molecule has 9 heteroatoms. The van der Waals surface area contributed by atoms with E-state index < -0.39 is 21.4 Å². The third kappa shape index (κ3) is 6.45. The van der Waals surface area contributed by atoms with Gasteiger partial charge in [0.2, 0.25) is 20.9 Å². The zero-order chi connectivity index (χ0) is 25.8. The van der Waals surface area contributed by atoms with Crippen molar-refractivity contribution in [2.75, 3.05) is 13.2 Å². The van der Waals surface area contributed by atoms with E-state index in [-0.39, 0.29) is 35.7 Å². The lowest BCUT2D eigenvalue weighted by Gasteiger charge is -2.24. The monoisotopic (exact) mass is 525 g/mol. The van der Waals surface area contributed by atoms with E-state index in [2.05, 4.69) is 4.98 Å². The maximum Gasteiger partial charge on any atom is 0.228 e. The molecule has 5 rings (SSSR count). The summed E-state index contributed by atoms with van der Waals surface area (Å²) >= 11 is 0. The third-order valence-corrected chi connectivity index (χ3v) is 8.55. The predicted molar refractivity (Wildman–Crippen MR) is 137 cm³/mol. The van der Waals surface area contributed by atoms with Crippen LogP contribution in [0, 0.1) is 11.7 Å². The van der Waals surface area contributed by atoms with Gasteiger partial charge in [-0.25, -0.2) is 17.8 Å². The quantitative estimate of drug-likeness (QED) is 0.376. The number of aromatic nitrogens is 2. The van der Waals surface area contributed by atoms with Crippen LogP contribution in [0.25, 0.3) is 0 Å². The molecule has 1 amide bonds. The average Bonchev–Trinajstić information content (AvgIpc) is 3.37. The highest BCUT2D eigenvalue weighted by molar-refractivity contribution is 7.90. The molecule has 1 aromatic heterocycles. The molecule has 1 saturated heterocycles. The Morgan fingerprint density at radius 1 is 1.08 bits per heavy atom. The highest BCUT2D eigenvalue weighted by Gasteiger charge is 2.31. The van der Waals surface area contributed by atoms with Crippen molar-refractivity contribution in [2.24, 2.45) is 5.92 Å². The number of benzene rings is 2. The van der Waals surface area contributed by atoms with Gasteiger partial charge in [-0.15, -0.1) is 0 Å². The van der Waals surface area contributed by atoms with Crippen LogP contribution < -0.4 is 0 Å². The second kappa shape index (κ2) is 11.1. The normalized spacial score (nSPS) is 17.7. The largest absolute Gasteiger partial charge is 0.376 e. The SMILES string of the molecule is O=C(Cc1ccccc1)N(Cc1cnc(S(=O)(=O)Cc2ccccc2F)n1CC1CCCO1)CC1CC1. The molecule has 2 aliphatic rings. The number of sulfone groups is 1. The molecule has 0 N–H and O–H groups in total. The number of carbonyl (C=O) groups is 1. The van der Waals surface area contributed by atoms with Crippen molar-refractivity contribution >= 4 is 15.7 Å². The summed E-state index contributed by atoms with van der Waals surface area (Å²) in [6.45, 7) is 1.85. The van der Waals surface area contributed by atoms with Gasteiger partial charge in [0.05, 0.1) is 43.3 Å². The van der Waals surface area contributed by atoms with Gasteiger partial charge in [-0.1, -0.05) is 48.5 Å². The fourth-order valence-electron chi connectivity index (χ4n) is 4.78. The minimum Gasteiger partial charge on any atom is -0.376 e. The van der Waals surface area contributed by atoms with Crippen molar-refractivity contribution in [1.29, 1.82) is 0 Å². The summed E-state index contributed by atoms with van der Waals surface area (Å²) in [7, 11) is -3.95. The lowest BCUT2D eigenvalue weighted by molar-refractivity contribution is -0.131. The van der Waals surface area contributed by atoms with E-state index in [1.54, 1.807) is 16.8 Å². The molecule has 7 nitrogen and oxygen atoms in total. The second-order valence-electron chi connectivity index (χ2n) is 10.0. The first kappa shape index (κ1) is 25.6. The minimum atomic E-state index is -3.95. The van der Waals surface area contributed by atoms with Gasteiger partial charge < -0.3 is 14.2 Å². The van der Waals surface area contributed by atoms with Crippen LogP contribution >= 0.6 is 0 Å². The van der Waals surface area contributed by atoms with Crippen LogP contribution in [0.1, 0.15) is 42.5 Å². The topological polar surface area (TPSA) is 81.5 Å². The van der Waals surface area contributed by atoms with Gasteiger partial charge in [-0.3, -0.25) is 4.79 Å². The zero-order valence-electron chi connectivity index (χ0n) is 20.8. The molecule has 1 aliphatic carbocycles. The van der Waals surface area contributed by atoms with E-state index in [4.69, 9.17) is 4.74 Å². The fourth-order valence-corrected chi connectivity index (χ4v) is 6.30. The van der Waals surface area contributed by atoms with Crippen LogP contribution in [0.15, 0.2) is 66.0 Å². The van der Waals surface area contributed by atoms with Gasteiger partial charge in [0, 0.05) is 18.7 Å². The molecule has 1 unspecified atom stereocenters. The number of rotatable bonds is 11. The van der Waals surface area contributed by atoms with E-state index in [1.165, 1.54) is 18.2 Å². The van der Waals surface area contributed by atoms with Crippen molar-refractivity contribution in [3.63, 3.8) is 0 Å². The number of hydrogen-bond acceptors (Lipinski definition) is 5. The van der Waals surface area contributed by atoms with Gasteiger partial charge in [0.1, 0.15) is 5.82 Å². The van der Waals surface area contributed by atoms with Crippen molar-refractivity contribution in [2.45, 2.75) is 62.2 Å². The number of hydrogen-bond donors (Lipinski definition) is 0. The summed E-state index contributed by atoms with van der Waals surface area (Å²) in [4.78, 5) is 19.5. The number of carbonyl (C=O) groups excluding carboxylic acids is 1. The fraction of sp³-hybridized carbons (Fsp3) is 0.429. The molecular weight excluding hydrogens is 493 g/mol. The lowest BCUT2D eigenvalue weighted by atomic mass is 10.1. The number of imidazole rings is 1. The maximum absolute atomic E-state index is 14.3. The molecule has 0 radical (unpaired) electrons. The molecule has 1 aliphatic heterocycles. The molecule has 2 aromatic carbocycles. The Kier molecular flexibility index (Phi) is 7.71. The molecule has 196 valence electrons. The highest BCUT2D eigenvalue weighted by Crippen LogP contribution is 2.31. The van der Waals surface area contributed by atoms with E-state index in [0.29, 0.717) is 31.3 Å². The molecular formula is C28H32FN3O4S. The van der Waals surface area contributed by atoms with Crippen LogP contribution in [0.4, 0.5) is 4.39 Å². The molecule has 2 heterocycles. The van der Waals surface area contributed by atoms with Gasteiger partial charge in [-0.05, 0) is 43.2 Å². The highest BCUT2D eigenvalue weighted by atomic mass is 32.2. The van der Waals surface area contributed by atoms with Crippen LogP contribution in [-0.4, -0.2) is 48.0 Å². The first-order chi connectivity index (χ1) is 17.9. The van der Waals surface area contributed by atoms with E-state index in [0.717, 1.165) is 31.2 Å². The number of amides is 1. The van der Waals surface area contributed by atoms with Crippen molar-refractivity contribution in [1.82, 2.24) is 14.5 Å². The zero-order valence-corrected chi connectivity index (χ0v) is 21.6. The molecule has 3 aromatic rings. The summed E-state index contributed by atoms with van der Waals surface area (Å²) in [6.07, 6.45) is 5.61. The molecule has 1 atom stereocenters. The van der Waals surface area contributed by atoms with Gasteiger partial charge in [0.25, 0.3) is 0 Å². The standard InChI is InChI=1S/C28H32FN3O4S/c29-26-11-5-4-9-23(26)20-37(34,35)28-30-16-24(32(28)19-25-10-6-14-36-25)18-31(17-22-12-13-22)27(33)15-21-7-2-1-3-8-21/h1-5,7-9,11,16,22,25H,6,10,12-15,17-20H2. The van der Waals surface area contributed by atoms with Crippen LogP contribution in [0.5, 0.6) is 0 Å². The van der Waals surface area contributed by atoms with Gasteiger partial charge in [0.15, 0.2) is 0 Å². The molecule has 1 saturated carbocycles. The number of ether oxygens (including phenoxy) is 1. The summed E-state index contributed by atoms with van der Waals surface area (Å²) in [5, 5.41) is -0.108. The predicted octanol–water partition coefficient (Wildman–Crippen LogP) is 4.16. The maximum atomic E-state index is 14.3. The molecule has 2 fully saturated rings. The number of nitrogens with zero attached hydrogens (tertiary/aromatic N) is 3. The minimum absolute atomic E-state index is 0.00118. The van der Waals surface area contributed by atoms with Crippen molar-refractivity contribution < 1.29 is 22.3 Å². The summed E-state index contributed by atoms with van der Waals surface area (Å²) in [6, 6.07) is 15.5. The Morgan fingerprint density at radius 3 is 2.54 bits per heavy atom. The average molecular weight is 526 g/mol. The van der Waals surface area contributed by atoms with Gasteiger partial charge in [-0.2, -0.15) is 0 Å². The first-order valence-electron chi connectivity index (χ1n) is 12.8. The first-order valence-corrected chi connectivity index (χ1v) is 14.5. The summed E-state index contributed by atoms with van der Waals surface area (Å²) < 4.78 is 48.6. The Labute approximate surface area is 217 Å². The lowest BCUT2D eigenvalue weighted by Crippen LogP contribution is -2.35. The second-order valence-corrected chi connectivity index (χ2v) is 11.9. The third-order valence-electron chi connectivity index (χ3n) is 6.97. The van der Waals surface area contributed by atoms with Crippen LogP contribution in [0.2, 0.25) is 0 Å². The summed E-state index contributed by atoms with van der Waals surface area (Å²) in [5.74, 6) is -0.580. The Hall–Kier alpha value is -3.04. The molecule has 37 heavy (non-hydrogen) atoms. The Bertz CT molecular complexity index is 1330. The van der Waals surface area contributed by atoms with Crippen molar-refractivity contribution in [3.8, 4) is 0 Å². The van der Waals surface area contributed by atoms with Crippen LogP contribution in [-0.2, 0) is 44.6 Å². The smallest absolute Gasteiger partial charge is 0.228 e. The van der Waals surface area contributed by atoms with Crippen LogP contribution in [0.3, 0.4) is 0 Å².